The van der Waals surface area contributed by atoms with Crippen LogP contribution in [0.4, 0.5) is 0 Å². The molecule has 0 aromatic carbocycles. The van der Waals surface area contributed by atoms with Gasteiger partial charge in [-0.3, -0.25) is 4.79 Å². The zero-order valence-electron chi connectivity index (χ0n) is 13.5. The quantitative estimate of drug-likeness (QED) is 0.430. The van der Waals surface area contributed by atoms with E-state index in [1.807, 2.05) is 0 Å². The summed E-state index contributed by atoms with van der Waals surface area (Å²) in [5, 5.41) is 10.2. The molecule has 0 saturated heterocycles. The van der Waals surface area contributed by atoms with Gasteiger partial charge >= 0.3 is 0 Å². The fourth-order valence-electron chi connectivity index (χ4n) is 3.01. The Kier molecular flexibility index (Phi) is 6.72. The highest BCUT2D eigenvalue weighted by molar-refractivity contribution is 7.17. The Balaban J connectivity index is 2.61. The first-order valence-corrected chi connectivity index (χ1v) is 8.62. The molecule has 20 heavy (non-hydrogen) atoms. The van der Waals surface area contributed by atoms with E-state index in [0.717, 1.165) is 38.5 Å². The van der Waals surface area contributed by atoms with Gasteiger partial charge in [0.2, 0.25) is 0 Å². The molecule has 0 bridgehead atoms. The maximum Gasteiger partial charge on any atom is 0.162 e. The van der Waals surface area contributed by atoms with Gasteiger partial charge < -0.3 is 5.11 Å². The number of hydrogen-bond donors (Lipinski definition) is 1. The molecule has 0 amide bonds. The fourth-order valence-corrected chi connectivity index (χ4v) is 3.34. The van der Waals surface area contributed by atoms with E-state index in [9.17, 15) is 9.90 Å². The first-order valence-electron chi connectivity index (χ1n) is 7.95. The summed E-state index contributed by atoms with van der Waals surface area (Å²) < 4.78 is 0. The highest BCUT2D eigenvalue weighted by Crippen LogP contribution is 2.38. The highest BCUT2D eigenvalue weighted by atomic mass is 31.0. The van der Waals surface area contributed by atoms with Crippen LogP contribution in [0.5, 0.6) is 0 Å². The Labute approximate surface area is 126 Å². The van der Waals surface area contributed by atoms with Crippen molar-refractivity contribution in [3.8, 4) is 0 Å². The van der Waals surface area contributed by atoms with Crippen LogP contribution >= 0.6 is 9.24 Å². The first kappa shape index (κ1) is 17.7. The number of hydrogen-bond acceptors (Lipinski definition) is 2. The number of aliphatic hydroxyl groups is 1. The Hall–Kier alpha value is -0.360. The monoisotopic (exact) mass is 298 g/mol. The van der Waals surface area contributed by atoms with Crippen LogP contribution in [0, 0.1) is 17.3 Å². The third-order valence-corrected chi connectivity index (χ3v) is 4.87. The second-order valence-corrected chi connectivity index (χ2v) is 8.37. The largest absolute Gasteiger partial charge is 0.512 e. The van der Waals surface area contributed by atoms with Gasteiger partial charge in [-0.2, -0.15) is 0 Å². The summed E-state index contributed by atoms with van der Waals surface area (Å²) in [5.41, 5.74) is 0.838. The molecular weight excluding hydrogens is 267 g/mol. The zero-order valence-corrected chi connectivity index (χ0v) is 14.6. The van der Waals surface area contributed by atoms with E-state index in [0.29, 0.717) is 11.1 Å². The molecule has 3 unspecified atom stereocenters. The maximum atomic E-state index is 12.3. The van der Waals surface area contributed by atoms with Crippen LogP contribution in [0.15, 0.2) is 11.8 Å². The summed E-state index contributed by atoms with van der Waals surface area (Å²) >= 11 is 0. The number of carbonyl (C=O) groups excluding carboxylic acids is 1. The molecule has 1 fully saturated rings. The molecule has 2 nitrogen and oxygen atoms in total. The molecule has 1 N–H and O–H groups in total. The lowest BCUT2D eigenvalue weighted by atomic mass is 9.72. The number of aliphatic hydroxyl groups excluding tert-OH is 1. The molecule has 0 aliphatic heterocycles. The molecule has 0 spiro atoms. The van der Waals surface area contributed by atoms with E-state index in [2.05, 4.69) is 36.9 Å². The Morgan fingerprint density at radius 3 is 2.40 bits per heavy atom. The molecule has 1 saturated carbocycles. The van der Waals surface area contributed by atoms with Crippen LogP contribution < -0.4 is 0 Å². The first-order chi connectivity index (χ1) is 9.25. The molecule has 1 rings (SSSR count). The van der Waals surface area contributed by atoms with Crippen molar-refractivity contribution in [3.05, 3.63) is 11.8 Å². The highest BCUT2D eigenvalue weighted by Gasteiger charge is 2.30. The molecule has 0 aromatic rings. The lowest BCUT2D eigenvalue weighted by Gasteiger charge is -2.33. The van der Waals surface area contributed by atoms with Crippen molar-refractivity contribution in [3.63, 3.8) is 0 Å². The van der Waals surface area contributed by atoms with Crippen molar-refractivity contribution in [2.24, 2.45) is 17.3 Å². The summed E-state index contributed by atoms with van der Waals surface area (Å²) in [6, 6.07) is 0. The minimum absolute atomic E-state index is 0.117. The Morgan fingerprint density at radius 2 is 1.95 bits per heavy atom. The minimum Gasteiger partial charge on any atom is -0.512 e. The van der Waals surface area contributed by atoms with Gasteiger partial charge in [0.15, 0.2) is 5.78 Å². The van der Waals surface area contributed by atoms with Gasteiger partial charge in [-0.05, 0) is 49.6 Å². The number of carbonyl (C=O) groups is 1. The van der Waals surface area contributed by atoms with E-state index in [4.69, 9.17) is 0 Å². The summed E-state index contributed by atoms with van der Waals surface area (Å²) in [4.78, 5) is 12.3. The average Bonchev–Trinajstić information content (AvgIpc) is 2.35. The minimum atomic E-state index is 0.117. The lowest BCUT2D eigenvalue weighted by molar-refractivity contribution is -0.119. The third kappa shape index (κ3) is 5.56. The van der Waals surface area contributed by atoms with Crippen molar-refractivity contribution in [2.75, 3.05) is 0 Å². The van der Waals surface area contributed by atoms with Gasteiger partial charge in [0.05, 0.1) is 5.76 Å². The van der Waals surface area contributed by atoms with Crippen molar-refractivity contribution < 1.29 is 9.90 Å². The SMILES string of the molecule is CCC(CC(C)P)C(O)=CC(=O)C1CCC(C)(C)CC1. The average molecular weight is 298 g/mol. The smallest absolute Gasteiger partial charge is 0.162 e. The Bertz CT molecular complexity index is 348. The van der Waals surface area contributed by atoms with Crippen LogP contribution in [0.2, 0.25) is 0 Å². The van der Waals surface area contributed by atoms with Crippen molar-refractivity contribution in [2.45, 2.75) is 71.9 Å². The standard InChI is InChI=1S/C17H31O2P/c1-5-13(10-12(2)20)15(18)11-16(19)14-6-8-17(3,4)9-7-14/h11-14,18H,5-10,20H2,1-4H3. The molecule has 0 radical (unpaired) electrons. The predicted octanol–water partition coefficient (Wildman–Crippen LogP) is 4.89. The Morgan fingerprint density at radius 1 is 1.40 bits per heavy atom. The topological polar surface area (TPSA) is 37.3 Å². The maximum absolute atomic E-state index is 12.3. The molecule has 3 heteroatoms. The van der Waals surface area contributed by atoms with E-state index >= 15 is 0 Å². The van der Waals surface area contributed by atoms with E-state index < -0.39 is 0 Å². The van der Waals surface area contributed by atoms with Crippen LogP contribution in [0.25, 0.3) is 0 Å². The van der Waals surface area contributed by atoms with Gasteiger partial charge in [-0.25, -0.2) is 0 Å². The normalized spacial score (nSPS) is 23.4. The molecule has 0 heterocycles. The van der Waals surface area contributed by atoms with Crippen LogP contribution in [0.1, 0.15) is 66.2 Å². The predicted molar refractivity (Wildman–Crippen MR) is 89.0 cm³/mol. The zero-order chi connectivity index (χ0) is 15.3. The molecule has 0 aromatic heterocycles. The van der Waals surface area contributed by atoms with Gasteiger partial charge in [-0.15, -0.1) is 9.24 Å². The van der Waals surface area contributed by atoms with Gasteiger partial charge in [-0.1, -0.05) is 27.7 Å². The third-order valence-electron chi connectivity index (χ3n) is 4.60. The van der Waals surface area contributed by atoms with Crippen LogP contribution in [-0.2, 0) is 4.79 Å². The van der Waals surface area contributed by atoms with Crippen molar-refractivity contribution >= 4 is 15.0 Å². The second kappa shape index (κ2) is 7.59. The number of allylic oxidation sites excluding steroid dienone is 2. The van der Waals surface area contributed by atoms with Crippen molar-refractivity contribution in [1.82, 2.24) is 0 Å². The summed E-state index contributed by atoms with van der Waals surface area (Å²) in [6.07, 6.45) is 7.46. The van der Waals surface area contributed by atoms with E-state index in [-0.39, 0.29) is 23.4 Å². The number of rotatable bonds is 6. The van der Waals surface area contributed by atoms with Crippen LogP contribution in [0.3, 0.4) is 0 Å². The van der Waals surface area contributed by atoms with Gasteiger partial charge in [0.25, 0.3) is 0 Å². The molecule has 3 atom stereocenters. The summed E-state index contributed by atoms with van der Waals surface area (Å²) in [5.74, 6) is 0.659. The molecule has 1 aliphatic rings. The summed E-state index contributed by atoms with van der Waals surface area (Å²) in [6.45, 7) is 8.73. The van der Waals surface area contributed by atoms with E-state index in [1.165, 1.54) is 6.08 Å². The molecular formula is C17H31O2P. The molecule has 1 aliphatic carbocycles. The van der Waals surface area contributed by atoms with Gasteiger partial charge in [0.1, 0.15) is 0 Å². The van der Waals surface area contributed by atoms with Crippen LogP contribution in [-0.4, -0.2) is 16.5 Å². The fraction of sp³-hybridized carbons (Fsp3) is 0.824. The van der Waals surface area contributed by atoms with Crippen molar-refractivity contribution in [1.29, 1.82) is 0 Å². The van der Waals surface area contributed by atoms with E-state index in [1.54, 1.807) is 0 Å². The molecule has 116 valence electrons. The van der Waals surface area contributed by atoms with Gasteiger partial charge in [0, 0.05) is 17.9 Å². The number of ketones is 1. The summed E-state index contributed by atoms with van der Waals surface area (Å²) in [7, 11) is 2.76. The second-order valence-electron chi connectivity index (χ2n) is 7.23. The lowest BCUT2D eigenvalue weighted by Crippen LogP contribution is -2.25.